The average molecular weight is 215 g/mol. The maximum absolute atomic E-state index is 4.08. The molecule has 0 saturated heterocycles. The fraction of sp³-hybridized carbons (Fsp3) is 0.700. The molecule has 0 aliphatic carbocycles. The normalized spacial score (nSPS) is 11.1. The molecule has 0 rings (SSSR count). The zero-order valence-electron chi connectivity index (χ0n) is 9.18. The summed E-state index contributed by atoms with van der Waals surface area (Å²) in [5.41, 5.74) is 0. The molecule has 0 aromatic rings. The lowest BCUT2D eigenvalue weighted by atomic mass is 10.3. The Bertz CT molecular complexity index is 169. The second-order valence-corrected chi connectivity index (χ2v) is 3.85. The number of guanidine groups is 1. The Morgan fingerprint density at radius 1 is 1.43 bits per heavy atom. The lowest BCUT2D eigenvalue weighted by Crippen LogP contribution is -2.37. The first kappa shape index (κ1) is 13.4. The number of rotatable bonds is 7. The van der Waals surface area contributed by atoms with E-state index in [-0.39, 0.29) is 0 Å². The van der Waals surface area contributed by atoms with Crippen LogP contribution in [0.25, 0.3) is 0 Å². The van der Waals surface area contributed by atoms with Gasteiger partial charge in [0.15, 0.2) is 5.96 Å². The van der Waals surface area contributed by atoms with Gasteiger partial charge in [-0.15, -0.1) is 6.58 Å². The molecule has 0 unspecified atom stereocenters. The van der Waals surface area contributed by atoms with Crippen LogP contribution in [0.4, 0.5) is 0 Å². The second kappa shape index (κ2) is 10.4. The maximum Gasteiger partial charge on any atom is 0.191 e. The number of unbranched alkanes of at least 4 members (excludes halogenated alkanes) is 1. The van der Waals surface area contributed by atoms with Crippen LogP contribution in [0.15, 0.2) is 17.6 Å². The number of aliphatic imine (C=N–C) groups is 1. The predicted molar refractivity (Wildman–Crippen MR) is 67.2 cm³/mol. The van der Waals surface area contributed by atoms with Crippen molar-refractivity contribution in [2.75, 3.05) is 32.1 Å². The average Bonchev–Trinajstić information content (AvgIpc) is 2.22. The molecule has 0 saturated carbocycles. The molecule has 82 valence electrons. The molecule has 0 amide bonds. The molecule has 0 radical (unpaired) electrons. The summed E-state index contributed by atoms with van der Waals surface area (Å²) in [5, 5.41) is 6.37. The minimum absolute atomic E-state index is 0.754. The molecule has 14 heavy (non-hydrogen) atoms. The number of hydrogen-bond donors (Lipinski definition) is 2. The lowest BCUT2D eigenvalue weighted by molar-refractivity contribution is 0.742. The Morgan fingerprint density at radius 2 is 2.21 bits per heavy atom. The van der Waals surface area contributed by atoms with E-state index in [1.165, 1.54) is 18.6 Å². The molecular weight excluding hydrogens is 194 g/mol. The van der Waals surface area contributed by atoms with E-state index in [1.54, 1.807) is 7.05 Å². The van der Waals surface area contributed by atoms with Crippen molar-refractivity contribution in [3.8, 4) is 0 Å². The predicted octanol–water partition coefficient (Wildman–Crippen LogP) is 1.48. The summed E-state index contributed by atoms with van der Waals surface area (Å²) < 4.78 is 0. The summed E-state index contributed by atoms with van der Waals surface area (Å²) >= 11 is 1.89. The molecule has 0 aromatic carbocycles. The molecule has 0 bridgehead atoms. The molecule has 3 nitrogen and oxygen atoms in total. The van der Waals surface area contributed by atoms with Gasteiger partial charge in [-0.05, 0) is 24.9 Å². The summed E-state index contributed by atoms with van der Waals surface area (Å²) in [7, 11) is 1.78. The van der Waals surface area contributed by atoms with E-state index in [0.29, 0.717) is 0 Å². The molecule has 0 aliphatic heterocycles. The van der Waals surface area contributed by atoms with Crippen LogP contribution in [-0.4, -0.2) is 38.1 Å². The Hall–Kier alpha value is -0.640. The van der Waals surface area contributed by atoms with Crippen LogP contribution in [0, 0.1) is 0 Å². The van der Waals surface area contributed by atoms with Crippen molar-refractivity contribution in [2.45, 2.75) is 12.8 Å². The first-order valence-electron chi connectivity index (χ1n) is 4.89. The highest BCUT2D eigenvalue weighted by atomic mass is 32.2. The summed E-state index contributed by atoms with van der Waals surface area (Å²) in [4.78, 5) is 4.08. The Labute approximate surface area is 91.5 Å². The Morgan fingerprint density at radius 3 is 2.79 bits per heavy atom. The van der Waals surface area contributed by atoms with Gasteiger partial charge in [-0.1, -0.05) is 6.08 Å². The van der Waals surface area contributed by atoms with Crippen molar-refractivity contribution >= 4 is 17.7 Å². The summed E-state index contributed by atoms with van der Waals surface area (Å²) in [6.07, 6.45) is 6.40. The highest BCUT2D eigenvalue weighted by molar-refractivity contribution is 7.98. The number of hydrogen-bond acceptors (Lipinski definition) is 2. The highest BCUT2D eigenvalue weighted by Gasteiger charge is 1.93. The van der Waals surface area contributed by atoms with E-state index >= 15 is 0 Å². The maximum atomic E-state index is 4.08. The monoisotopic (exact) mass is 215 g/mol. The molecular formula is C10H21N3S. The van der Waals surface area contributed by atoms with Gasteiger partial charge in [0.2, 0.25) is 0 Å². The standard InChI is InChI=1S/C10H21N3S/c1-4-7-12-10(11-2)13-8-5-6-9-14-3/h4H,1,5-9H2,2-3H3,(H2,11,12,13). The van der Waals surface area contributed by atoms with E-state index < -0.39 is 0 Å². The van der Waals surface area contributed by atoms with Crippen molar-refractivity contribution < 1.29 is 0 Å². The molecule has 0 aromatic heterocycles. The van der Waals surface area contributed by atoms with Gasteiger partial charge in [0.25, 0.3) is 0 Å². The van der Waals surface area contributed by atoms with Crippen molar-refractivity contribution in [1.82, 2.24) is 10.6 Å². The number of nitrogens with zero attached hydrogens (tertiary/aromatic N) is 1. The molecule has 0 heterocycles. The van der Waals surface area contributed by atoms with Crippen molar-refractivity contribution in [3.05, 3.63) is 12.7 Å². The quantitative estimate of drug-likeness (QED) is 0.292. The number of thioether (sulfide) groups is 1. The van der Waals surface area contributed by atoms with Crippen LogP contribution in [0.3, 0.4) is 0 Å². The van der Waals surface area contributed by atoms with Crippen molar-refractivity contribution in [2.24, 2.45) is 4.99 Å². The second-order valence-electron chi connectivity index (χ2n) is 2.87. The summed E-state index contributed by atoms with van der Waals surface area (Å²) in [5.74, 6) is 2.09. The lowest BCUT2D eigenvalue weighted by Gasteiger charge is -2.09. The van der Waals surface area contributed by atoms with Gasteiger partial charge >= 0.3 is 0 Å². The van der Waals surface area contributed by atoms with Crippen LogP contribution >= 0.6 is 11.8 Å². The smallest absolute Gasteiger partial charge is 0.191 e. The zero-order valence-corrected chi connectivity index (χ0v) is 9.99. The third-order valence-electron chi connectivity index (χ3n) is 1.71. The molecule has 0 aliphatic rings. The van der Waals surface area contributed by atoms with Gasteiger partial charge < -0.3 is 10.6 Å². The van der Waals surface area contributed by atoms with Crippen LogP contribution in [0.2, 0.25) is 0 Å². The fourth-order valence-corrected chi connectivity index (χ4v) is 1.46. The van der Waals surface area contributed by atoms with Crippen LogP contribution in [0.1, 0.15) is 12.8 Å². The molecule has 4 heteroatoms. The summed E-state index contributed by atoms with van der Waals surface area (Å²) in [6, 6.07) is 0. The van der Waals surface area contributed by atoms with E-state index in [1.807, 2.05) is 17.8 Å². The van der Waals surface area contributed by atoms with Gasteiger partial charge in [-0.3, -0.25) is 4.99 Å². The SMILES string of the molecule is C=CCNC(=NC)NCCCCSC. The molecule has 2 N–H and O–H groups in total. The van der Waals surface area contributed by atoms with E-state index in [4.69, 9.17) is 0 Å². The Kier molecular flexibility index (Phi) is 9.96. The third-order valence-corrected chi connectivity index (χ3v) is 2.40. The van der Waals surface area contributed by atoms with Crippen molar-refractivity contribution in [3.63, 3.8) is 0 Å². The highest BCUT2D eigenvalue weighted by Crippen LogP contribution is 1.97. The van der Waals surface area contributed by atoms with Crippen LogP contribution < -0.4 is 10.6 Å². The third kappa shape index (κ3) is 7.98. The molecule has 0 atom stereocenters. The van der Waals surface area contributed by atoms with E-state index in [2.05, 4.69) is 28.5 Å². The Balaban J connectivity index is 3.39. The fourth-order valence-electron chi connectivity index (χ4n) is 0.968. The molecule has 0 spiro atoms. The van der Waals surface area contributed by atoms with Gasteiger partial charge in [0.05, 0.1) is 0 Å². The van der Waals surface area contributed by atoms with Crippen molar-refractivity contribution in [1.29, 1.82) is 0 Å². The first-order chi connectivity index (χ1) is 6.85. The van der Waals surface area contributed by atoms with Gasteiger partial charge in [-0.2, -0.15) is 11.8 Å². The van der Waals surface area contributed by atoms with E-state index in [9.17, 15) is 0 Å². The topological polar surface area (TPSA) is 36.4 Å². The minimum Gasteiger partial charge on any atom is -0.356 e. The zero-order chi connectivity index (χ0) is 10.6. The van der Waals surface area contributed by atoms with Gasteiger partial charge in [-0.25, -0.2) is 0 Å². The largest absolute Gasteiger partial charge is 0.356 e. The number of nitrogens with one attached hydrogen (secondary N) is 2. The summed E-state index contributed by atoms with van der Waals surface area (Å²) in [6.45, 7) is 5.38. The van der Waals surface area contributed by atoms with Gasteiger partial charge in [0.1, 0.15) is 0 Å². The van der Waals surface area contributed by atoms with Crippen LogP contribution in [0.5, 0.6) is 0 Å². The van der Waals surface area contributed by atoms with Gasteiger partial charge in [0, 0.05) is 20.1 Å². The van der Waals surface area contributed by atoms with Crippen LogP contribution in [-0.2, 0) is 0 Å². The first-order valence-corrected chi connectivity index (χ1v) is 6.29. The molecule has 0 fully saturated rings. The minimum atomic E-state index is 0.754. The van der Waals surface area contributed by atoms with E-state index in [0.717, 1.165) is 19.0 Å².